The van der Waals surface area contributed by atoms with Crippen molar-refractivity contribution in [2.24, 2.45) is 0 Å². The van der Waals surface area contributed by atoms with E-state index in [9.17, 15) is 0 Å². The lowest BCUT2D eigenvalue weighted by atomic mass is 9.90. The van der Waals surface area contributed by atoms with E-state index >= 15 is 0 Å². The number of ether oxygens (including phenoxy) is 1. The van der Waals surface area contributed by atoms with Crippen molar-refractivity contribution >= 4 is 10.8 Å². The van der Waals surface area contributed by atoms with Gasteiger partial charge in [-0.3, -0.25) is 0 Å². The molecule has 0 spiro atoms. The molecule has 0 amide bonds. The molecule has 4 rings (SSSR count). The van der Waals surface area contributed by atoms with E-state index in [2.05, 4.69) is 61.5 Å². The highest BCUT2D eigenvalue weighted by Gasteiger charge is 2.28. The highest BCUT2D eigenvalue weighted by Crippen LogP contribution is 2.48. The third-order valence-electron chi connectivity index (χ3n) is 5.10. The molecule has 1 aliphatic carbocycles. The van der Waals surface area contributed by atoms with Gasteiger partial charge in [0.2, 0.25) is 0 Å². The summed E-state index contributed by atoms with van der Waals surface area (Å²) in [6.45, 7) is 2.24. The van der Waals surface area contributed by atoms with Crippen molar-refractivity contribution in [2.45, 2.75) is 38.5 Å². The van der Waals surface area contributed by atoms with Crippen molar-refractivity contribution in [1.82, 2.24) is 0 Å². The van der Waals surface area contributed by atoms with Gasteiger partial charge in [0.05, 0.1) is 7.11 Å². The Hall–Kier alpha value is -2.28. The van der Waals surface area contributed by atoms with E-state index in [0.717, 1.165) is 12.2 Å². The highest BCUT2D eigenvalue weighted by molar-refractivity contribution is 6.00. The van der Waals surface area contributed by atoms with Crippen LogP contribution in [0.4, 0.5) is 0 Å². The lowest BCUT2D eigenvalue weighted by Gasteiger charge is -2.17. The lowest BCUT2D eigenvalue weighted by Crippen LogP contribution is -1.95. The van der Waals surface area contributed by atoms with Crippen molar-refractivity contribution in [3.63, 3.8) is 0 Å². The Morgan fingerprint density at radius 3 is 2.42 bits per heavy atom. The molecule has 0 atom stereocenters. The fourth-order valence-corrected chi connectivity index (χ4v) is 3.82. The van der Waals surface area contributed by atoms with Crippen LogP contribution in [0.2, 0.25) is 0 Å². The standard InChI is InChI=1S/C23H24O/c1-3-7-16-8-4-11-20-18(16)9-5-12-21(20)23-19(17-14-15-17)10-6-13-22(23)24-2/h4-6,8-13,17H,3,7,14-15H2,1-2H3. The zero-order valence-corrected chi connectivity index (χ0v) is 14.5. The molecule has 1 nitrogen and oxygen atoms in total. The minimum atomic E-state index is 0.698. The molecule has 1 heteroatoms. The first-order valence-electron chi connectivity index (χ1n) is 9.01. The van der Waals surface area contributed by atoms with Crippen LogP contribution in [0.25, 0.3) is 21.9 Å². The van der Waals surface area contributed by atoms with Crippen molar-refractivity contribution < 1.29 is 4.74 Å². The first kappa shape index (κ1) is 15.3. The Labute approximate surface area is 144 Å². The molecule has 0 aromatic heterocycles. The Morgan fingerprint density at radius 1 is 0.917 bits per heavy atom. The first-order chi connectivity index (χ1) is 11.8. The number of benzene rings is 3. The van der Waals surface area contributed by atoms with Gasteiger partial charge in [0.1, 0.15) is 5.75 Å². The van der Waals surface area contributed by atoms with E-state index in [0.29, 0.717) is 5.92 Å². The van der Waals surface area contributed by atoms with E-state index in [-0.39, 0.29) is 0 Å². The van der Waals surface area contributed by atoms with Crippen LogP contribution < -0.4 is 4.74 Å². The van der Waals surface area contributed by atoms with Crippen LogP contribution in [0.3, 0.4) is 0 Å². The van der Waals surface area contributed by atoms with Crippen LogP contribution >= 0.6 is 0 Å². The lowest BCUT2D eigenvalue weighted by molar-refractivity contribution is 0.416. The molecule has 0 aliphatic heterocycles. The molecule has 0 heterocycles. The number of hydrogen-bond donors (Lipinski definition) is 0. The molecule has 0 bridgehead atoms. The molecule has 0 unspecified atom stereocenters. The van der Waals surface area contributed by atoms with Gasteiger partial charge in [0, 0.05) is 5.56 Å². The van der Waals surface area contributed by atoms with E-state index in [1.165, 1.54) is 52.3 Å². The van der Waals surface area contributed by atoms with Crippen LogP contribution in [0, 0.1) is 0 Å². The van der Waals surface area contributed by atoms with Gasteiger partial charge < -0.3 is 4.74 Å². The Balaban J connectivity index is 1.99. The average Bonchev–Trinajstić information content (AvgIpc) is 3.46. The molecule has 24 heavy (non-hydrogen) atoms. The highest BCUT2D eigenvalue weighted by atomic mass is 16.5. The zero-order chi connectivity index (χ0) is 16.5. The SMILES string of the molecule is CCCc1cccc2c(-c3c(OC)cccc3C3CC3)cccc12. The van der Waals surface area contributed by atoms with Crippen LogP contribution in [0.5, 0.6) is 5.75 Å². The second-order valence-electron chi connectivity index (χ2n) is 6.77. The third kappa shape index (κ3) is 2.58. The maximum absolute atomic E-state index is 5.75. The molecular formula is C23H24O. The van der Waals surface area contributed by atoms with Gasteiger partial charge in [-0.05, 0) is 58.7 Å². The summed E-state index contributed by atoms with van der Waals surface area (Å²) in [7, 11) is 1.78. The normalized spacial score (nSPS) is 14.1. The number of fused-ring (bicyclic) bond motifs is 1. The summed E-state index contributed by atoms with van der Waals surface area (Å²) < 4.78 is 5.75. The second kappa shape index (κ2) is 6.32. The quantitative estimate of drug-likeness (QED) is 0.533. The fraction of sp³-hybridized carbons (Fsp3) is 0.304. The van der Waals surface area contributed by atoms with Crippen LogP contribution in [0.15, 0.2) is 54.6 Å². The van der Waals surface area contributed by atoms with Gasteiger partial charge in [0.15, 0.2) is 0 Å². The largest absolute Gasteiger partial charge is 0.496 e. The zero-order valence-electron chi connectivity index (χ0n) is 14.5. The molecule has 1 aliphatic rings. The summed E-state index contributed by atoms with van der Waals surface area (Å²) in [5.74, 6) is 1.69. The Kier molecular flexibility index (Phi) is 4.02. The van der Waals surface area contributed by atoms with E-state index in [1.54, 1.807) is 7.11 Å². The first-order valence-corrected chi connectivity index (χ1v) is 9.01. The number of methoxy groups -OCH3 is 1. The van der Waals surface area contributed by atoms with Crippen molar-refractivity contribution in [3.05, 3.63) is 65.7 Å². The maximum Gasteiger partial charge on any atom is 0.126 e. The molecule has 3 aromatic rings. The van der Waals surface area contributed by atoms with Crippen LogP contribution in [-0.2, 0) is 6.42 Å². The van der Waals surface area contributed by atoms with Gasteiger partial charge in [-0.15, -0.1) is 0 Å². The number of rotatable bonds is 5. The van der Waals surface area contributed by atoms with E-state index in [4.69, 9.17) is 4.74 Å². The molecule has 1 fully saturated rings. The minimum absolute atomic E-state index is 0.698. The summed E-state index contributed by atoms with van der Waals surface area (Å²) in [6.07, 6.45) is 4.89. The molecule has 0 saturated heterocycles. The fourth-order valence-electron chi connectivity index (χ4n) is 3.82. The summed E-state index contributed by atoms with van der Waals surface area (Å²) in [5, 5.41) is 2.72. The topological polar surface area (TPSA) is 9.23 Å². The Morgan fingerprint density at radius 2 is 1.67 bits per heavy atom. The van der Waals surface area contributed by atoms with Crippen molar-refractivity contribution in [2.75, 3.05) is 7.11 Å². The third-order valence-corrected chi connectivity index (χ3v) is 5.10. The van der Waals surface area contributed by atoms with Gasteiger partial charge in [0.25, 0.3) is 0 Å². The van der Waals surface area contributed by atoms with Crippen molar-refractivity contribution in [3.8, 4) is 16.9 Å². The maximum atomic E-state index is 5.75. The molecule has 0 N–H and O–H groups in total. The molecule has 1 saturated carbocycles. The predicted molar refractivity (Wildman–Crippen MR) is 102 cm³/mol. The minimum Gasteiger partial charge on any atom is -0.496 e. The molecule has 0 radical (unpaired) electrons. The predicted octanol–water partition coefficient (Wildman–Crippen LogP) is 6.35. The monoisotopic (exact) mass is 316 g/mol. The van der Waals surface area contributed by atoms with Gasteiger partial charge in [-0.2, -0.15) is 0 Å². The van der Waals surface area contributed by atoms with Crippen molar-refractivity contribution in [1.29, 1.82) is 0 Å². The van der Waals surface area contributed by atoms with Gasteiger partial charge >= 0.3 is 0 Å². The van der Waals surface area contributed by atoms with E-state index in [1.807, 2.05) is 0 Å². The smallest absolute Gasteiger partial charge is 0.126 e. The average molecular weight is 316 g/mol. The molecule has 3 aromatic carbocycles. The second-order valence-corrected chi connectivity index (χ2v) is 6.77. The summed E-state index contributed by atoms with van der Waals surface area (Å²) >= 11 is 0. The van der Waals surface area contributed by atoms with Gasteiger partial charge in [-0.1, -0.05) is 61.9 Å². The number of hydrogen-bond acceptors (Lipinski definition) is 1. The van der Waals surface area contributed by atoms with Crippen LogP contribution in [0.1, 0.15) is 43.2 Å². The number of aryl methyl sites for hydroxylation is 1. The van der Waals surface area contributed by atoms with Crippen LogP contribution in [-0.4, -0.2) is 7.11 Å². The van der Waals surface area contributed by atoms with Gasteiger partial charge in [-0.25, -0.2) is 0 Å². The van der Waals surface area contributed by atoms with E-state index < -0.39 is 0 Å². The summed E-state index contributed by atoms with van der Waals surface area (Å²) in [5.41, 5.74) is 5.49. The summed E-state index contributed by atoms with van der Waals surface area (Å²) in [4.78, 5) is 0. The summed E-state index contributed by atoms with van der Waals surface area (Å²) in [6, 6.07) is 19.9. The molecule has 122 valence electrons. The molecular weight excluding hydrogens is 292 g/mol. The Bertz CT molecular complexity index is 874.